The normalized spacial score (nSPS) is 18.3. The summed E-state index contributed by atoms with van der Waals surface area (Å²) < 4.78 is 1.21. The van der Waals surface area contributed by atoms with E-state index in [2.05, 4.69) is 6.92 Å². The van der Waals surface area contributed by atoms with E-state index in [9.17, 15) is 5.11 Å². The Morgan fingerprint density at radius 3 is 2.06 bits per heavy atom. The number of hydrogen-bond donors (Lipinski definition) is 1. The van der Waals surface area contributed by atoms with Gasteiger partial charge >= 0.3 is 0 Å². The van der Waals surface area contributed by atoms with Crippen LogP contribution < -0.4 is 17.0 Å². The summed E-state index contributed by atoms with van der Waals surface area (Å²) in [7, 11) is 0. The van der Waals surface area contributed by atoms with Gasteiger partial charge in [0.2, 0.25) is 0 Å². The number of rotatable bonds is 9. The Bertz CT molecular complexity index is 176. The van der Waals surface area contributed by atoms with Crippen molar-refractivity contribution in [3.63, 3.8) is 0 Å². The third kappa shape index (κ3) is 7.10. The first kappa shape index (κ1) is 18.4. The Morgan fingerprint density at radius 1 is 0.833 bits per heavy atom. The van der Waals surface area contributed by atoms with Gasteiger partial charge < -0.3 is 26.6 Å². The summed E-state index contributed by atoms with van der Waals surface area (Å²) in [6.45, 7) is 7.58. The molecule has 1 fully saturated rings. The van der Waals surface area contributed by atoms with E-state index in [0.29, 0.717) is 6.61 Å². The Balaban J connectivity index is 0.00000289. The first-order chi connectivity index (χ1) is 8.33. The lowest BCUT2D eigenvalue weighted by Crippen LogP contribution is -3.00. The van der Waals surface area contributed by atoms with E-state index in [-0.39, 0.29) is 17.0 Å². The second-order valence-corrected chi connectivity index (χ2v) is 5.79. The van der Waals surface area contributed by atoms with Crippen LogP contribution in [-0.2, 0) is 0 Å². The van der Waals surface area contributed by atoms with Gasteiger partial charge in [0, 0.05) is 0 Å². The fourth-order valence-electron chi connectivity index (χ4n) is 3.18. The molecule has 0 aromatic heterocycles. The van der Waals surface area contributed by atoms with Crippen LogP contribution in [0.2, 0.25) is 0 Å². The van der Waals surface area contributed by atoms with Gasteiger partial charge in [-0.1, -0.05) is 32.6 Å². The van der Waals surface area contributed by atoms with Gasteiger partial charge in [0.25, 0.3) is 0 Å². The number of halogens is 1. The predicted octanol–water partition coefficient (Wildman–Crippen LogP) is 0.344. The third-order valence-corrected chi connectivity index (χ3v) is 4.33. The Labute approximate surface area is 124 Å². The summed E-state index contributed by atoms with van der Waals surface area (Å²) in [5.74, 6) is 0. The highest BCUT2D eigenvalue weighted by molar-refractivity contribution is 4.55. The van der Waals surface area contributed by atoms with Crippen LogP contribution in [0.1, 0.15) is 64.7 Å². The van der Waals surface area contributed by atoms with Crippen LogP contribution in [0.25, 0.3) is 0 Å². The number of aliphatic hydroxyl groups excluding tert-OH is 1. The molecule has 0 saturated carbocycles. The lowest BCUT2D eigenvalue weighted by atomic mass is 10.1. The van der Waals surface area contributed by atoms with Crippen molar-refractivity contribution in [1.82, 2.24) is 0 Å². The molecular formula is C15H32BrNO. The van der Waals surface area contributed by atoms with E-state index in [1.807, 2.05) is 0 Å². The van der Waals surface area contributed by atoms with Crippen molar-refractivity contribution >= 4 is 0 Å². The minimum atomic E-state index is 0. The minimum absolute atomic E-state index is 0. The van der Waals surface area contributed by atoms with Crippen LogP contribution in [0.5, 0.6) is 0 Å². The van der Waals surface area contributed by atoms with Crippen molar-refractivity contribution in [3.8, 4) is 0 Å². The molecule has 0 aromatic rings. The molecular weight excluding hydrogens is 290 g/mol. The summed E-state index contributed by atoms with van der Waals surface area (Å²) in [5.41, 5.74) is 0. The molecule has 1 rings (SSSR count). The van der Waals surface area contributed by atoms with E-state index >= 15 is 0 Å². The summed E-state index contributed by atoms with van der Waals surface area (Å²) in [4.78, 5) is 0. The molecule has 110 valence electrons. The van der Waals surface area contributed by atoms with Crippen LogP contribution in [0.3, 0.4) is 0 Å². The molecule has 0 radical (unpaired) electrons. The fourth-order valence-corrected chi connectivity index (χ4v) is 3.18. The van der Waals surface area contributed by atoms with Crippen molar-refractivity contribution < 1.29 is 26.6 Å². The second kappa shape index (κ2) is 11.2. The maximum absolute atomic E-state index is 9.24. The predicted molar refractivity (Wildman–Crippen MR) is 74.0 cm³/mol. The SMILES string of the molecule is CCCCCCCC[N+]1(CCO)CCCCC1.[Br-]. The number of unbranched alkanes of at least 4 members (excludes halogenated alkanes) is 5. The third-order valence-electron chi connectivity index (χ3n) is 4.33. The molecule has 1 N–H and O–H groups in total. The van der Waals surface area contributed by atoms with Crippen molar-refractivity contribution in [3.05, 3.63) is 0 Å². The molecule has 0 amide bonds. The van der Waals surface area contributed by atoms with Gasteiger partial charge in [-0.05, 0) is 32.1 Å². The number of aliphatic hydroxyl groups is 1. The van der Waals surface area contributed by atoms with Gasteiger partial charge in [-0.15, -0.1) is 0 Å². The molecule has 1 heterocycles. The number of quaternary nitrogens is 1. The quantitative estimate of drug-likeness (QED) is 0.480. The lowest BCUT2D eigenvalue weighted by Gasteiger charge is -2.41. The molecule has 0 unspecified atom stereocenters. The molecule has 0 spiro atoms. The Morgan fingerprint density at radius 2 is 1.44 bits per heavy atom. The fraction of sp³-hybridized carbons (Fsp3) is 1.00. The zero-order valence-electron chi connectivity index (χ0n) is 12.2. The highest BCUT2D eigenvalue weighted by atomic mass is 79.9. The minimum Gasteiger partial charge on any atom is -1.00 e. The molecule has 1 aliphatic heterocycles. The molecule has 0 aromatic carbocycles. The average Bonchev–Trinajstić information content (AvgIpc) is 2.35. The lowest BCUT2D eigenvalue weighted by molar-refractivity contribution is -0.932. The van der Waals surface area contributed by atoms with Crippen molar-refractivity contribution in [2.24, 2.45) is 0 Å². The van der Waals surface area contributed by atoms with Gasteiger partial charge in [0.15, 0.2) is 0 Å². The Kier molecular flexibility index (Phi) is 11.5. The number of nitrogens with zero attached hydrogens (tertiary/aromatic N) is 1. The summed E-state index contributed by atoms with van der Waals surface area (Å²) >= 11 is 0. The smallest absolute Gasteiger partial charge is 0.102 e. The van der Waals surface area contributed by atoms with E-state index < -0.39 is 0 Å². The first-order valence-corrected chi connectivity index (χ1v) is 7.79. The summed E-state index contributed by atoms with van der Waals surface area (Å²) in [6.07, 6.45) is 12.5. The Hall–Kier alpha value is 0.400. The van der Waals surface area contributed by atoms with Crippen molar-refractivity contribution in [2.45, 2.75) is 64.7 Å². The van der Waals surface area contributed by atoms with Gasteiger partial charge in [-0.25, -0.2) is 0 Å². The van der Waals surface area contributed by atoms with Crippen LogP contribution in [0.15, 0.2) is 0 Å². The van der Waals surface area contributed by atoms with Crippen LogP contribution >= 0.6 is 0 Å². The topological polar surface area (TPSA) is 20.2 Å². The molecule has 0 bridgehead atoms. The van der Waals surface area contributed by atoms with Gasteiger partial charge in [-0.2, -0.15) is 0 Å². The summed E-state index contributed by atoms with van der Waals surface area (Å²) in [5, 5.41) is 9.24. The first-order valence-electron chi connectivity index (χ1n) is 7.79. The highest BCUT2D eigenvalue weighted by Crippen LogP contribution is 2.20. The molecule has 1 aliphatic rings. The number of piperidine rings is 1. The highest BCUT2D eigenvalue weighted by Gasteiger charge is 2.28. The second-order valence-electron chi connectivity index (χ2n) is 5.79. The van der Waals surface area contributed by atoms with E-state index in [0.717, 1.165) is 6.54 Å². The summed E-state index contributed by atoms with van der Waals surface area (Å²) in [6, 6.07) is 0. The number of hydrogen-bond acceptors (Lipinski definition) is 1. The largest absolute Gasteiger partial charge is 1.00 e. The van der Waals surface area contributed by atoms with E-state index in [1.165, 1.54) is 81.9 Å². The van der Waals surface area contributed by atoms with Crippen molar-refractivity contribution in [1.29, 1.82) is 0 Å². The van der Waals surface area contributed by atoms with Gasteiger partial charge in [0.05, 0.1) is 26.2 Å². The van der Waals surface area contributed by atoms with Crippen LogP contribution in [0, 0.1) is 0 Å². The number of likely N-dealkylation sites (tertiary alicyclic amines) is 1. The van der Waals surface area contributed by atoms with Gasteiger partial charge in [0.1, 0.15) is 6.54 Å². The van der Waals surface area contributed by atoms with Gasteiger partial charge in [-0.3, -0.25) is 0 Å². The molecule has 0 aliphatic carbocycles. The zero-order valence-corrected chi connectivity index (χ0v) is 13.8. The van der Waals surface area contributed by atoms with E-state index in [4.69, 9.17) is 0 Å². The monoisotopic (exact) mass is 321 g/mol. The van der Waals surface area contributed by atoms with E-state index in [1.54, 1.807) is 0 Å². The zero-order chi connectivity index (χ0) is 12.4. The molecule has 18 heavy (non-hydrogen) atoms. The molecule has 2 nitrogen and oxygen atoms in total. The standard InChI is InChI=1S/C15H32NO.BrH/c1-2-3-4-5-6-8-11-16(14-15-17)12-9-7-10-13-16;/h17H,2-15H2,1H3;1H/q+1;/p-1. The molecule has 0 atom stereocenters. The molecule has 1 saturated heterocycles. The maximum atomic E-state index is 9.24. The maximum Gasteiger partial charge on any atom is 0.102 e. The van der Waals surface area contributed by atoms with Crippen LogP contribution in [0.4, 0.5) is 0 Å². The van der Waals surface area contributed by atoms with Crippen LogP contribution in [-0.4, -0.2) is 42.4 Å². The molecule has 3 heteroatoms. The van der Waals surface area contributed by atoms with Crippen molar-refractivity contribution in [2.75, 3.05) is 32.8 Å². The average molecular weight is 322 g/mol.